The molecule has 0 amide bonds. The Morgan fingerprint density at radius 3 is 2.91 bits per heavy atom. The maximum atomic E-state index is 13.3. The molecule has 0 aromatic heterocycles. The maximum absolute atomic E-state index is 13.3. The molecule has 0 spiro atoms. The minimum atomic E-state index is -0.310. The molecule has 1 N–H and O–H groups in total. The Kier molecular flexibility index (Phi) is 5.35. The van der Waals surface area contributed by atoms with E-state index in [1.165, 1.54) is 12.1 Å². The standard InChI is InChI=1S/C18H24FNO2/c1-4-22-17(21)10-11-18(2,3)16-9-8-15(20-16)13-6-5-7-14(19)12-13/h5-7,10-12,15-16,20H,4,8-9H2,1-3H3/b11-10+/t15-,16+/m0/s1. The summed E-state index contributed by atoms with van der Waals surface area (Å²) in [6.45, 7) is 6.36. The zero-order chi connectivity index (χ0) is 16.2. The fraction of sp³-hybridized carbons (Fsp3) is 0.500. The molecule has 1 heterocycles. The predicted molar refractivity (Wildman–Crippen MR) is 84.9 cm³/mol. The summed E-state index contributed by atoms with van der Waals surface area (Å²) in [4.78, 5) is 11.5. The maximum Gasteiger partial charge on any atom is 0.330 e. The average Bonchev–Trinajstić information content (AvgIpc) is 2.96. The summed E-state index contributed by atoms with van der Waals surface area (Å²) in [5.41, 5.74) is 0.808. The molecule has 4 heteroatoms. The number of halogens is 1. The van der Waals surface area contributed by atoms with Crippen LogP contribution in [0.4, 0.5) is 4.39 Å². The molecule has 0 bridgehead atoms. The van der Waals surface area contributed by atoms with Crippen molar-refractivity contribution in [3.05, 3.63) is 47.8 Å². The van der Waals surface area contributed by atoms with E-state index in [4.69, 9.17) is 4.74 Å². The highest BCUT2D eigenvalue weighted by atomic mass is 19.1. The van der Waals surface area contributed by atoms with E-state index in [9.17, 15) is 9.18 Å². The molecule has 2 rings (SSSR count). The zero-order valence-corrected chi connectivity index (χ0v) is 13.4. The lowest BCUT2D eigenvalue weighted by Crippen LogP contribution is -2.37. The molecule has 1 aromatic rings. The van der Waals surface area contributed by atoms with Crippen molar-refractivity contribution < 1.29 is 13.9 Å². The van der Waals surface area contributed by atoms with Crippen molar-refractivity contribution in [1.82, 2.24) is 5.32 Å². The van der Waals surface area contributed by atoms with Gasteiger partial charge in [-0.2, -0.15) is 0 Å². The average molecular weight is 305 g/mol. The van der Waals surface area contributed by atoms with E-state index in [0.717, 1.165) is 18.4 Å². The Morgan fingerprint density at radius 2 is 2.23 bits per heavy atom. The fourth-order valence-electron chi connectivity index (χ4n) is 2.91. The Bertz CT molecular complexity index is 554. The normalized spacial score (nSPS) is 22.2. The second-order valence-corrected chi connectivity index (χ2v) is 6.31. The number of benzene rings is 1. The van der Waals surface area contributed by atoms with Crippen molar-refractivity contribution in [2.24, 2.45) is 5.41 Å². The first-order valence-electron chi connectivity index (χ1n) is 7.80. The van der Waals surface area contributed by atoms with Crippen molar-refractivity contribution >= 4 is 5.97 Å². The number of ether oxygens (including phenoxy) is 1. The highest BCUT2D eigenvalue weighted by Crippen LogP contribution is 2.36. The Labute approximate surface area is 131 Å². The van der Waals surface area contributed by atoms with Crippen LogP contribution in [0.1, 0.15) is 45.2 Å². The summed E-state index contributed by atoms with van der Waals surface area (Å²) in [6.07, 6.45) is 5.35. The van der Waals surface area contributed by atoms with Crippen LogP contribution in [0.2, 0.25) is 0 Å². The topological polar surface area (TPSA) is 38.3 Å². The lowest BCUT2D eigenvalue weighted by molar-refractivity contribution is -0.137. The first kappa shape index (κ1) is 16.7. The Morgan fingerprint density at radius 1 is 1.45 bits per heavy atom. The third kappa shape index (κ3) is 4.17. The summed E-state index contributed by atoms with van der Waals surface area (Å²) in [5, 5.41) is 3.56. The van der Waals surface area contributed by atoms with E-state index in [2.05, 4.69) is 19.2 Å². The van der Waals surface area contributed by atoms with Gasteiger partial charge < -0.3 is 10.1 Å². The molecular weight excluding hydrogens is 281 g/mol. The molecule has 1 aliphatic rings. The minimum absolute atomic E-state index is 0.163. The summed E-state index contributed by atoms with van der Waals surface area (Å²) in [5.74, 6) is -0.514. The highest BCUT2D eigenvalue weighted by Gasteiger charge is 2.34. The molecule has 0 saturated carbocycles. The van der Waals surface area contributed by atoms with E-state index in [1.807, 2.05) is 12.1 Å². The first-order valence-corrected chi connectivity index (χ1v) is 7.80. The van der Waals surface area contributed by atoms with E-state index < -0.39 is 0 Å². The molecule has 1 fully saturated rings. The van der Waals surface area contributed by atoms with Gasteiger partial charge in [-0.1, -0.05) is 32.1 Å². The van der Waals surface area contributed by atoms with E-state index in [0.29, 0.717) is 6.61 Å². The third-order valence-electron chi connectivity index (χ3n) is 4.23. The van der Waals surface area contributed by atoms with Gasteiger partial charge in [-0.05, 0) is 42.9 Å². The lowest BCUT2D eigenvalue weighted by atomic mass is 9.83. The molecule has 0 aliphatic carbocycles. The Hall–Kier alpha value is -1.68. The number of carbonyl (C=O) groups excluding carboxylic acids is 1. The Balaban J connectivity index is 2.01. The number of hydrogen-bond donors (Lipinski definition) is 1. The van der Waals surface area contributed by atoms with Crippen LogP contribution in [0.5, 0.6) is 0 Å². The van der Waals surface area contributed by atoms with Crippen molar-refractivity contribution in [3.63, 3.8) is 0 Å². The summed E-state index contributed by atoms with van der Waals surface area (Å²) in [7, 11) is 0. The smallest absolute Gasteiger partial charge is 0.330 e. The van der Waals surface area contributed by atoms with Crippen LogP contribution < -0.4 is 5.32 Å². The lowest BCUT2D eigenvalue weighted by Gasteiger charge is -2.29. The number of carbonyl (C=O) groups is 1. The third-order valence-corrected chi connectivity index (χ3v) is 4.23. The van der Waals surface area contributed by atoms with Gasteiger partial charge in [0, 0.05) is 18.2 Å². The summed E-state index contributed by atoms with van der Waals surface area (Å²) in [6, 6.07) is 7.14. The second-order valence-electron chi connectivity index (χ2n) is 6.31. The quantitative estimate of drug-likeness (QED) is 0.665. The molecule has 1 saturated heterocycles. The number of nitrogens with one attached hydrogen (secondary N) is 1. The zero-order valence-electron chi connectivity index (χ0n) is 13.4. The molecule has 22 heavy (non-hydrogen) atoms. The highest BCUT2D eigenvalue weighted by molar-refractivity contribution is 5.82. The first-order chi connectivity index (χ1) is 10.4. The van der Waals surface area contributed by atoms with Crippen LogP contribution in [-0.2, 0) is 9.53 Å². The van der Waals surface area contributed by atoms with Gasteiger partial charge in [-0.15, -0.1) is 0 Å². The van der Waals surface area contributed by atoms with Crippen LogP contribution in [0.15, 0.2) is 36.4 Å². The van der Waals surface area contributed by atoms with Gasteiger partial charge in [-0.25, -0.2) is 9.18 Å². The minimum Gasteiger partial charge on any atom is -0.463 e. The summed E-state index contributed by atoms with van der Waals surface area (Å²) >= 11 is 0. The largest absolute Gasteiger partial charge is 0.463 e. The van der Waals surface area contributed by atoms with Crippen LogP contribution in [0.25, 0.3) is 0 Å². The summed E-state index contributed by atoms with van der Waals surface area (Å²) < 4.78 is 18.3. The molecule has 1 aliphatic heterocycles. The van der Waals surface area contributed by atoms with Crippen LogP contribution in [-0.4, -0.2) is 18.6 Å². The van der Waals surface area contributed by atoms with Gasteiger partial charge in [0.2, 0.25) is 0 Å². The number of esters is 1. The number of rotatable bonds is 5. The van der Waals surface area contributed by atoms with E-state index >= 15 is 0 Å². The van der Waals surface area contributed by atoms with Crippen molar-refractivity contribution in [2.45, 2.75) is 45.7 Å². The molecule has 3 nitrogen and oxygen atoms in total. The van der Waals surface area contributed by atoms with Crippen LogP contribution in [0, 0.1) is 11.2 Å². The van der Waals surface area contributed by atoms with Gasteiger partial charge in [0.15, 0.2) is 0 Å². The predicted octanol–water partition coefficient (Wildman–Crippen LogP) is 3.76. The van der Waals surface area contributed by atoms with Crippen molar-refractivity contribution in [3.8, 4) is 0 Å². The van der Waals surface area contributed by atoms with E-state index in [1.54, 1.807) is 19.1 Å². The fourth-order valence-corrected chi connectivity index (χ4v) is 2.91. The molecule has 120 valence electrons. The van der Waals surface area contributed by atoms with Gasteiger partial charge in [0.1, 0.15) is 5.82 Å². The van der Waals surface area contributed by atoms with Gasteiger partial charge in [0.25, 0.3) is 0 Å². The van der Waals surface area contributed by atoms with Gasteiger partial charge in [0.05, 0.1) is 6.61 Å². The molecule has 2 atom stereocenters. The SMILES string of the molecule is CCOC(=O)/C=C/C(C)(C)[C@H]1CC[C@@H](c2cccc(F)c2)N1. The van der Waals surface area contributed by atoms with Gasteiger partial charge in [-0.3, -0.25) is 0 Å². The molecule has 0 unspecified atom stereocenters. The van der Waals surface area contributed by atoms with Crippen molar-refractivity contribution in [1.29, 1.82) is 0 Å². The van der Waals surface area contributed by atoms with Gasteiger partial charge >= 0.3 is 5.97 Å². The van der Waals surface area contributed by atoms with Crippen LogP contribution in [0.3, 0.4) is 0 Å². The molecular formula is C18H24FNO2. The van der Waals surface area contributed by atoms with Crippen LogP contribution >= 0.6 is 0 Å². The molecule has 0 radical (unpaired) electrons. The second kappa shape index (κ2) is 7.05. The van der Waals surface area contributed by atoms with Crippen molar-refractivity contribution in [2.75, 3.05) is 6.61 Å². The van der Waals surface area contributed by atoms with E-state index in [-0.39, 0.29) is 29.3 Å². The molecule has 1 aromatic carbocycles. The number of hydrogen-bond acceptors (Lipinski definition) is 3. The monoisotopic (exact) mass is 305 g/mol.